The van der Waals surface area contributed by atoms with Crippen LogP contribution in [0.3, 0.4) is 0 Å². The Morgan fingerprint density at radius 3 is 2.22 bits per heavy atom. The lowest BCUT2D eigenvalue weighted by molar-refractivity contribution is 0.585. The first-order valence-corrected chi connectivity index (χ1v) is 5.15. The highest BCUT2D eigenvalue weighted by Gasteiger charge is 2.01. The van der Waals surface area contributed by atoms with E-state index in [1.165, 1.54) is 36.5 Å². The molecule has 0 spiro atoms. The lowest BCUT2D eigenvalue weighted by Gasteiger charge is -2.01. The highest BCUT2D eigenvalue weighted by molar-refractivity contribution is 5.80. The molecule has 0 aliphatic carbocycles. The van der Waals surface area contributed by atoms with Gasteiger partial charge in [0.05, 0.1) is 11.9 Å². The van der Waals surface area contributed by atoms with E-state index in [2.05, 4.69) is 10.5 Å². The van der Waals surface area contributed by atoms with E-state index in [0.717, 1.165) is 12.1 Å². The molecule has 1 N–H and O–H groups in total. The van der Waals surface area contributed by atoms with Crippen LogP contribution in [0.5, 0.6) is 0 Å². The van der Waals surface area contributed by atoms with Crippen molar-refractivity contribution in [3.8, 4) is 0 Å². The quantitative estimate of drug-likeness (QED) is 0.653. The molecule has 92 valence electrons. The number of hydrogen-bond donors (Lipinski definition) is 1. The van der Waals surface area contributed by atoms with E-state index in [1.54, 1.807) is 0 Å². The highest BCUT2D eigenvalue weighted by atomic mass is 19.1. The predicted molar refractivity (Wildman–Crippen MR) is 64.0 cm³/mol. The Hall–Kier alpha value is -2.30. The van der Waals surface area contributed by atoms with Gasteiger partial charge in [0.1, 0.15) is 11.6 Å². The van der Waals surface area contributed by atoms with E-state index in [0.29, 0.717) is 5.56 Å². The van der Waals surface area contributed by atoms with Crippen molar-refractivity contribution in [2.75, 3.05) is 5.43 Å². The van der Waals surface area contributed by atoms with Crippen LogP contribution < -0.4 is 5.43 Å². The van der Waals surface area contributed by atoms with Crippen molar-refractivity contribution in [3.63, 3.8) is 0 Å². The molecule has 0 saturated heterocycles. The molecular formula is C13H9F3N2. The summed E-state index contributed by atoms with van der Waals surface area (Å²) in [6.45, 7) is 0. The smallest absolute Gasteiger partial charge is 0.151 e. The summed E-state index contributed by atoms with van der Waals surface area (Å²) in [6.07, 6.45) is 1.40. The fourth-order valence-corrected chi connectivity index (χ4v) is 1.31. The second kappa shape index (κ2) is 5.35. The molecule has 18 heavy (non-hydrogen) atoms. The first kappa shape index (κ1) is 12.2. The molecule has 0 aromatic heterocycles. The van der Waals surface area contributed by atoms with Crippen LogP contribution in [0.4, 0.5) is 18.9 Å². The molecule has 0 atom stereocenters. The number of halogens is 3. The summed E-state index contributed by atoms with van der Waals surface area (Å²) in [5.74, 6) is -1.73. The normalized spacial score (nSPS) is 10.8. The van der Waals surface area contributed by atoms with Crippen LogP contribution >= 0.6 is 0 Å². The standard InChI is InChI=1S/C13H9F3N2/c14-10-3-1-9(2-4-10)8-17-18-13-6-5-11(15)7-12(13)16/h1-8,18H/b17-8-. The predicted octanol–water partition coefficient (Wildman–Crippen LogP) is 3.55. The van der Waals surface area contributed by atoms with Crippen LogP contribution in [0.1, 0.15) is 5.56 Å². The molecule has 0 bridgehead atoms. The fourth-order valence-electron chi connectivity index (χ4n) is 1.31. The van der Waals surface area contributed by atoms with E-state index in [4.69, 9.17) is 0 Å². The van der Waals surface area contributed by atoms with Crippen molar-refractivity contribution >= 4 is 11.9 Å². The molecule has 0 fully saturated rings. The summed E-state index contributed by atoms with van der Waals surface area (Å²) in [5, 5.41) is 3.77. The second-order valence-corrected chi connectivity index (χ2v) is 3.55. The molecule has 0 aliphatic heterocycles. The average Bonchev–Trinajstić information content (AvgIpc) is 2.34. The van der Waals surface area contributed by atoms with Gasteiger partial charge in [-0.05, 0) is 29.8 Å². The number of nitrogens with one attached hydrogen (secondary N) is 1. The number of anilines is 1. The molecule has 2 aromatic rings. The number of hydrogen-bond acceptors (Lipinski definition) is 2. The van der Waals surface area contributed by atoms with Gasteiger partial charge in [0, 0.05) is 6.07 Å². The van der Waals surface area contributed by atoms with Gasteiger partial charge in [0.15, 0.2) is 5.82 Å². The molecule has 0 unspecified atom stereocenters. The Balaban J connectivity index is 2.05. The minimum absolute atomic E-state index is 0.0646. The van der Waals surface area contributed by atoms with Crippen LogP contribution in [-0.2, 0) is 0 Å². The minimum atomic E-state index is -0.730. The van der Waals surface area contributed by atoms with Gasteiger partial charge in [-0.25, -0.2) is 13.2 Å². The second-order valence-electron chi connectivity index (χ2n) is 3.55. The van der Waals surface area contributed by atoms with E-state index >= 15 is 0 Å². The number of nitrogens with zero attached hydrogens (tertiary/aromatic N) is 1. The molecule has 5 heteroatoms. The van der Waals surface area contributed by atoms with Crippen LogP contribution in [0.15, 0.2) is 47.6 Å². The van der Waals surface area contributed by atoms with Gasteiger partial charge >= 0.3 is 0 Å². The third kappa shape index (κ3) is 3.10. The van der Waals surface area contributed by atoms with Gasteiger partial charge in [0.2, 0.25) is 0 Å². The first-order valence-electron chi connectivity index (χ1n) is 5.15. The third-order valence-electron chi connectivity index (χ3n) is 2.20. The molecule has 2 aromatic carbocycles. The monoisotopic (exact) mass is 250 g/mol. The maximum Gasteiger partial charge on any atom is 0.151 e. The summed E-state index contributed by atoms with van der Waals surface area (Å²) in [4.78, 5) is 0. The molecule has 2 rings (SSSR count). The van der Waals surface area contributed by atoms with E-state index in [1.807, 2.05) is 0 Å². The Bertz CT molecular complexity index is 565. The van der Waals surface area contributed by atoms with Gasteiger partial charge < -0.3 is 0 Å². The molecule has 0 aliphatic rings. The van der Waals surface area contributed by atoms with Gasteiger partial charge in [-0.3, -0.25) is 5.43 Å². The molecule has 0 radical (unpaired) electrons. The van der Waals surface area contributed by atoms with Crippen molar-refractivity contribution in [1.82, 2.24) is 0 Å². The van der Waals surface area contributed by atoms with E-state index in [-0.39, 0.29) is 11.5 Å². The minimum Gasteiger partial charge on any atom is -0.276 e. The Morgan fingerprint density at radius 1 is 0.889 bits per heavy atom. The SMILES string of the molecule is Fc1ccc(/C=N\Nc2ccc(F)cc2F)cc1. The van der Waals surface area contributed by atoms with Gasteiger partial charge in [-0.1, -0.05) is 12.1 Å². The summed E-state index contributed by atoms with van der Waals surface area (Å²) in [5.41, 5.74) is 3.16. The van der Waals surface area contributed by atoms with E-state index < -0.39 is 11.6 Å². The molecule has 2 nitrogen and oxygen atoms in total. The molecular weight excluding hydrogens is 241 g/mol. The lowest BCUT2D eigenvalue weighted by Crippen LogP contribution is -1.94. The van der Waals surface area contributed by atoms with Crippen molar-refractivity contribution < 1.29 is 13.2 Å². The Morgan fingerprint density at radius 2 is 1.56 bits per heavy atom. The van der Waals surface area contributed by atoms with Crippen molar-refractivity contribution in [2.45, 2.75) is 0 Å². The van der Waals surface area contributed by atoms with Crippen molar-refractivity contribution in [1.29, 1.82) is 0 Å². The first-order chi connectivity index (χ1) is 8.65. The zero-order valence-corrected chi connectivity index (χ0v) is 9.20. The van der Waals surface area contributed by atoms with Gasteiger partial charge in [-0.15, -0.1) is 0 Å². The van der Waals surface area contributed by atoms with Crippen LogP contribution in [0.25, 0.3) is 0 Å². The summed E-state index contributed by atoms with van der Waals surface area (Å²) in [7, 11) is 0. The van der Waals surface area contributed by atoms with Crippen LogP contribution in [-0.4, -0.2) is 6.21 Å². The zero-order chi connectivity index (χ0) is 13.0. The zero-order valence-electron chi connectivity index (χ0n) is 9.20. The van der Waals surface area contributed by atoms with Crippen LogP contribution in [0, 0.1) is 17.5 Å². The average molecular weight is 250 g/mol. The summed E-state index contributed by atoms with van der Waals surface area (Å²) in [6, 6.07) is 8.77. The van der Waals surface area contributed by atoms with Gasteiger partial charge in [0.25, 0.3) is 0 Å². The molecule has 0 amide bonds. The molecule has 0 saturated carbocycles. The van der Waals surface area contributed by atoms with Crippen molar-refractivity contribution in [3.05, 3.63) is 65.5 Å². The lowest BCUT2D eigenvalue weighted by atomic mass is 10.2. The largest absolute Gasteiger partial charge is 0.276 e. The Labute approximate surface area is 102 Å². The van der Waals surface area contributed by atoms with Crippen LogP contribution in [0.2, 0.25) is 0 Å². The molecule has 0 heterocycles. The van der Waals surface area contributed by atoms with Crippen molar-refractivity contribution in [2.24, 2.45) is 5.10 Å². The maximum absolute atomic E-state index is 13.2. The van der Waals surface area contributed by atoms with Gasteiger partial charge in [-0.2, -0.15) is 5.10 Å². The number of hydrazone groups is 1. The summed E-state index contributed by atoms with van der Waals surface area (Å²) >= 11 is 0. The topological polar surface area (TPSA) is 24.4 Å². The highest BCUT2D eigenvalue weighted by Crippen LogP contribution is 2.14. The van der Waals surface area contributed by atoms with E-state index in [9.17, 15) is 13.2 Å². The number of benzene rings is 2. The maximum atomic E-state index is 13.2. The third-order valence-corrected chi connectivity index (χ3v) is 2.20. The number of rotatable bonds is 3. The fraction of sp³-hybridized carbons (Fsp3) is 0. The Kier molecular flexibility index (Phi) is 3.62. The summed E-state index contributed by atoms with van der Waals surface area (Å²) < 4.78 is 38.5.